The molecule has 0 aliphatic rings. The Morgan fingerprint density at radius 3 is 2.50 bits per heavy atom. The molecule has 1 heterocycles. The van der Waals surface area contributed by atoms with E-state index >= 15 is 0 Å². The predicted molar refractivity (Wildman–Crippen MR) is 131 cm³/mol. The maximum atomic E-state index is 13.4. The maximum absolute atomic E-state index is 13.4. The van der Waals surface area contributed by atoms with Gasteiger partial charge in [0.05, 0.1) is 24.4 Å². The highest BCUT2D eigenvalue weighted by atomic mass is 16.3. The van der Waals surface area contributed by atoms with Crippen molar-refractivity contribution in [3.63, 3.8) is 0 Å². The number of rotatable bonds is 10. The van der Waals surface area contributed by atoms with E-state index < -0.39 is 0 Å². The van der Waals surface area contributed by atoms with Gasteiger partial charge in [-0.25, -0.2) is 4.79 Å². The van der Waals surface area contributed by atoms with Crippen molar-refractivity contribution in [3.05, 3.63) is 89.9 Å². The van der Waals surface area contributed by atoms with Gasteiger partial charge in [-0.3, -0.25) is 4.79 Å². The third-order valence-electron chi connectivity index (χ3n) is 5.23. The number of urea groups is 1. The van der Waals surface area contributed by atoms with Gasteiger partial charge in [0.25, 0.3) is 0 Å². The van der Waals surface area contributed by atoms with Gasteiger partial charge in [-0.05, 0) is 48.2 Å². The minimum Gasteiger partial charge on any atom is -0.467 e. The number of carbonyl (C=O) groups excluding carboxylic acids is 2. The van der Waals surface area contributed by atoms with Gasteiger partial charge < -0.3 is 19.5 Å². The second-order valence-electron chi connectivity index (χ2n) is 8.53. The average molecular weight is 459 g/mol. The zero-order valence-corrected chi connectivity index (χ0v) is 19.6. The summed E-state index contributed by atoms with van der Waals surface area (Å²) in [6, 6.07) is 22.0. The molecule has 2 aromatic carbocycles. The molecule has 3 aromatic rings. The Morgan fingerprint density at radius 2 is 1.82 bits per heavy atom. The standard InChI is InChI=1S/C27H30N4O3/c1-21(2)18-31(27(33)29-24-11-6-10-23(16-24)17-28)20-26(32)30(19-25-12-7-15-34-25)14-13-22-8-4-3-5-9-22/h3-12,15-16,21H,13-14,18-20H2,1-2H3,(H,29,33). The lowest BCUT2D eigenvalue weighted by atomic mass is 10.1. The van der Waals surface area contributed by atoms with Crippen LogP contribution in [0.15, 0.2) is 77.4 Å². The Labute approximate surface area is 200 Å². The van der Waals surface area contributed by atoms with Gasteiger partial charge in [-0.2, -0.15) is 5.26 Å². The molecule has 0 aliphatic carbocycles. The number of anilines is 1. The first-order valence-corrected chi connectivity index (χ1v) is 11.3. The SMILES string of the molecule is CC(C)CN(CC(=O)N(CCc1ccccc1)Cc1ccco1)C(=O)Nc1cccc(C#N)c1. The Hall–Kier alpha value is -4.05. The van der Waals surface area contributed by atoms with Gasteiger partial charge in [0.1, 0.15) is 12.3 Å². The van der Waals surface area contributed by atoms with Crippen LogP contribution in [0.5, 0.6) is 0 Å². The van der Waals surface area contributed by atoms with E-state index in [1.54, 1.807) is 41.5 Å². The highest BCUT2D eigenvalue weighted by molar-refractivity contribution is 5.92. The average Bonchev–Trinajstić information content (AvgIpc) is 3.35. The van der Waals surface area contributed by atoms with E-state index in [9.17, 15) is 9.59 Å². The van der Waals surface area contributed by atoms with Crippen LogP contribution < -0.4 is 5.32 Å². The fraction of sp³-hybridized carbons (Fsp3) is 0.296. The van der Waals surface area contributed by atoms with Crippen molar-refractivity contribution in [2.24, 2.45) is 5.92 Å². The van der Waals surface area contributed by atoms with Crippen molar-refractivity contribution < 1.29 is 14.0 Å². The number of nitrogens with one attached hydrogen (secondary N) is 1. The lowest BCUT2D eigenvalue weighted by Crippen LogP contribution is -2.46. The van der Waals surface area contributed by atoms with E-state index in [2.05, 4.69) is 11.4 Å². The molecule has 7 nitrogen and oxygen atoms in total. The number of furan rings is 1. The summed E-state index contributed by atoms with van der Waals surface area (Å²) in [6.07, 6.45) is 2.29. The quantitative estimate of drug-likeness (QED) is 0.467. The summed E-state index contributed by atoms with van der Waals surface area (Å²) in [5, 5.41) is 11.9. The van der Waals surface area contributed by atoms with Gasteiger partial charge in [0.15, 0.2) is 0 Å². The molecule has 0 fully saturated rings. The Bertz CT molecular complexity index is 1100. The minimum atomic E-state index is -0.377. The monoisotopic (exact) mass is 458 g/mol. The van der Waals surface area contributed by atoms with Crippen LogP contribution in [0.25, 0.3) is 0 Å². The fourth-order valence-corrected chi connectivity index (χ4v) is 3.58. The third-order valence-corrected chi connectivity index (χ3v) is 5.23. The second-order valence-corrected chi connectivity index (χ2v) is 8.53. The maximum Gasteiger partial charge on any atom is 0.322 e. The first kappa shape index (κ1) is 24.6. The highest BCUT2D eigenvalue weighted by Crippen LogP contribution is 2.13. The van der Waals surface area contributed by atoms with Crippen LogP contribution in [0, 0.1) is 17.2 Å². The summed E-state index contributed by atoms with van der Waals surface area (Å²) in [5.41, 5.74) is 2.10. The highest BCUT2D eigenvalue weighted by Gasteiger charge is 2.23. The molecule has 7 heteroatoms. The van der Waals surface area contributed by atoms with Crippen LogP contribution >= 0.6 is 0 Å². The number of hydrogen-bond acceptors (Lipinski definition) is 4. The molecule has 3 amide bonds. The number of nitrogens with zero attached hydrogens (tertiary/aromatic N) is 3. The molecule has 0 unspecified atom stereocenters. The van der Waals surface area contributed by atoms with Crippen molar-refractivity contribution >= 4 is 17.6 Å². The van der Waals surface area contributed by atoms with Gasteiger partial charge in [-0.15, -0.1) is 0 Å². The van der Waals surface area contributed by atoms with E-state index in [0.717, 1.165) is 5.56 Å². The van der Waals surface area contributed by atoms with Crippen molar-refractivity contribution in [1.29, 1.82) is 5.26 Å². The molecule has 0 saturated carbocycles. The summed E-state index contributed by atoms with van der Waals surface area (Å²) in [4.78, 5) is 29.6. The van der Waals surface area contributed by atoms with Gasteiger partial charge in [0.2, 0.25) is 5.91 Å². The predicted octanol–water partition coefficient (Wildman–Crippen LogP) is 4.91. The van der Waals surface area contributed by atoms with Crippen molar-refractivity contribution in [3.8, 4) is 6.07 Å². The second kappa shape index (κ2) is 12.3. The third kappa shape index (κ3) is 7.52. The molecule has 0 spiro atoms. The van der Waals surface area contributed by atoms with E-state index in [4.69, 9.17) is 9.68 Å². The van der Waals surface area contributed by atoms with Crippen molar-refractivity contribution in [2.75, 3.05) is 25.0 Å². The van der Waals surface area contributed by atoms with Gasteiger partial charge in [0, 0.05) is 18.8 Å². The Balaban J connectivity index is 1.72. The summed E-state index contributed by atoms with van der Waals surface area (Å²) in [5.74, 6) is 0.704. The molecule has 0 bridgehead atoms. The molecule has 1 N–H and O–H groups in total. The zero-order valence-electron chi connectivity index (χ0n) is 19.6. The van der Waals surface area contributed by atoms with Crippen molar-refractivity contribution in [2.45, 2.75) is 26.8 Å². The first-order chi connectivity index (χ1) is 16.4. The number of benzene rings is 2. The van der Waals surface area contributed by atoms with Crippen LogP contribution in [0.1, 0.15) is 30.7 Å². The molecule has 34 heavy (non-hydrogen) atoms. The van der Waals surface area contributed by atoms with Crippen LogP contribution in [0.3, 0.4) is 0 Å². The normalized spacial score (nSPS) is 10.5. The Kier molecular flexibility index (Phi) is 8.87. The van der Waals surface area contributed by atoms with E-state index in [0.29, 0.717) is 43.1 Å². The topological polar surface area (TPSA) is 89.6 Å². The van der Waals surface area contributed by atoms with Gasteiger partial charge in [-0.1, -0.05) is 50.2 Å². The van der Waals surface area contributed by atoms with Crippen molar-refractivity contribution in [1.82, 2.24) is 9.80 Å². The molecule has 1 aromatic heterocycles. The van der Waals surface area contributed by atoms with E-state index in [1.165, 1.54) is 4.90 Å². The number of amides is 3. The largest absolute Gasteiger partial charge is 0.467 e. The number of nitriles is 1. The van der Waals surface area contributed by atoms with Crippen LogP contribution in [-0.4, -0.2) is 41.4 Å². The molecular weight excluding hydrogens is 428 g/mol. The number of carbonyl (C=O) groups is 2. The summed E-state index contributed by atoms with van der Waals surface area (Å²) in [7, 11) is 0. The van der Waals surface area contributed by atoms with E-state index in [-0.39, 0.29) is 24.4 Å². The lowest BCUT2D eigenvalue weighted by Gasteiger charge is -2.28. The smallest absolute Gasteiger partial charge is 0.322 e. The van der Waals surface area contributed by atoms with Gasteiger partial charge >= 0.3 is 6.03 Å². The van der Waals surface area contributed by atoms with E-state index in [1.807, 2.05) is 50.2 Å². The summed E-state index contributed by atoms with van der Waals surface area (Å²) >= 11 is 0. The molecule has 0 radical (unpaired) electrons. The lowest BCUT2D eigenvalue weighted by molar-refractivity contribution is -0.132. The molecule has 3 rings (SSSR count). The molecular formula is C27H30N4O3. The molecule has 0 aliphatic heterocycles. The fourth-order valence-electron chi connectivity index (χ4n) is 3.58. The van der Waals surface area contributed by atoms with Crippen LogP contribution in [0.2, 0.25) is 0 Å². The number of hydrogen-bond donors (Lipinski definition) is 1. The Morgan fingerprint density at radius 1 is 1.03 bits per heavy atom. The molecule has 0 saturated heterocycles. The minimum absolute atomic E-state index is 0.0581. The van der Waals surface area contributed by atoms with Crippen LogP contribution in [-0.2, 0) is 17.8 Å². The summed E-state index contributed by atoms with van der Waals surface area (Å²) in [6.45, 7) is 5.19. The molecule has 0 atom stereocenters. The summed E-state index contributed by atoms with van der Waals surface area (Å²) < 4.78 is 5.47. The first-order valence-electron chi connectivity index (χ1n) is 11.3. The van der Waals surface area contributed by atoms with Crippen LogP contribution in [0.4, 0.5) is 10.5 Å². The zero-order chi connectivity index (χ0) is 24.3. The molecule has 176 valence electrons.